The summed E-state index contributed by atoms with van der Waals surface area (Å²) in [4.78, 5) is 0. The summed E-state index contributed by atoms with van der Waals surface area (Å²) in [6.07, 6.45) is -3.41. The Bertz CT molecular complexity index is 882. The van der Waals surface area contributed by atoms with Gasteiger partial charge in [0.05, 0.1) is 0 Å². The molecule has 0 atom stereocenters. The first-order chi connectivity index (χ1) is 16.9. The Hall–Kier alpha value is -0.401. The van der Waals surface area contributed by atoms with Crippen LogP contribution in [0.4, 0.5) is 0 Å². The second-order valence-corrected chi connectivity index (χ2v) is 9.90. The molecule has 0 bridgehead atoms. The predicted molar refractivity (Wildman–Crippen MR) is 178 cm³/mol. The van der Waals surface area contributed by atoms with Crippen LogP contribution in [0.5, 0.6) is 11.5 Å². The van der Waals surface area contributed by atoms with Crippen LogP contribution in [-0.4, -0.2) is 155 Å². The molecule has 0 saturated carbocycles. The predicted octanol–water partition coefficient (Wildman–Crippen LogP) is -4.73. The van der Waals surface area contributed by atoms with Gasteiger partial charge in [-0.15, -0.1) is 12.0 Å². The Morgan fingerprint density at radius 3 is 1.31 bits per heavy atom. The topological polar surface area (TPSA) is 18.5 Å². The highest BCUT2D eigenvalue weighted by molar-refractivity contribution is 8.02. The lowest BCUT2D eigenvalue weighted by Gasteiger charge is -2.26. The zero-order valence-corrected chi connectivity index (χ0v) is 20.9. The van der Waals surface area contributed by atoms with Crippen LogP contribution in [0.25, 0.3) is 0 Å². The van der Waals surface area contributed by atoms with Gasteiger partial charge in [0.25, 0.3) is 0 Å². The van der Waals surface area contributed by atoms with Gasteiger partial charge in [-0.3, -0.25) is 0 Å². The SMILES string of the molecule is [B]B([B])B([B])B(B([B])[B])B1C=C1COc1cc(CC)cc(OCC2=CB2B(B([B])[B])B([B])B([B])[B])c1. The summed E-state index contributed by atoms with van der Waals surface area (Å²) in [5, 5.41) is 0. The third-order valence-electron chi connectivity index (χ3n) is 7.08. The minimum Gasteiger partial charge on any atom is -0.490 e. The average molecular weight is 431 g/mol. The van der Waals surface area contributed by atoms with Gasteiger partial charge >= 0.3 is 0 Å². The van der Waals surface area contributed by atoms with Crippen molar-refractivity contribution in [3.63, 3.8) is 0 Å². The number of rotatable bonds is 15. The molecule has 0 amide bonds. The molecule has 22 heteroatoms. The highest BCUT2D eigenvalue weighted by atomic mass is 16.5. The Morgan fingerprint density at radius 1 is 0.611 bits per heavy atom. The van der Waals surface area contributed by atoms with Crippen molar-refractivity contribution in [3.05, 3.63) is 46.7 Å². The van der Waals surface area contributed by atoms with Crippen LogP contribution in [-0.2, 0) is 6.42 Å². The Labute approximate surface area is 235 Å². The molecule has 0 fully saturated rings. The van der Waals surface area contributed by atoms with Gasteiger partial charge in [-0.25, -0.2) is 0 Å². The lowest BCUT2D eigenvalue weighted by atomic mass is 8.57. The normalized spacial score (nSPS) is 13.1. The van der Waals surface area contributed by atoms with Crippen molar-refractivity contribution in [2.24, 2.45) is 0 Å². The van der Waals surface area contributed by atoms with Crippen LogP contribution in [0, 0.1) is 0 Å². The summed E-state index contributed by atoms with van der Waals surface area (Å²) in [6.45, 7) is 2.87. The van der Waals surface area contributed by atoms with Gasteiger partial charge in [0.15, 0.2) is 0 Å². The van der Waals surface area contributed by atoms with E-state index < -0.39 is 38.3 Å². The lowest BCUT2D eigenvalue weighted by Crippen LogP contribution is -2.64. The molecule has 36 heavy (non-hydrogen) atoms. The maximum atomic E-state index is 6.13. The lowest BCUT2D eigenvalue weighted by molar-refractivity contribution is 0.342. The first-order valence-corrected chi connectivity index (χ1v) is 12.3. The van der Waals surface area contributed by atoms with E-state index in [1.165, 1.54) is 0 Å². The summed E-state index contributed by atoms with van der Waals surface area (Å²) in [5.41, 5.74) is 3.21. The van der Waals surface area contributed by atoms with Crippen molar-refractivity contribution in [3.8, 4) is 11.5 Å². The van der Waals surface area contributed by atoms with E-state index in [0.717, 1.165) is 22.9 Å². The van der Waals surface area contributed by atoms with E-state index >= 15 is 0 Å². The number of hydrogen-bond acceptors (Lipinski definition) is 2. The van der Waals surface area contributed by atoms with Gasteiger partial charge in [-0.2, -0.15) is 0 Å². The molecule has 0 spiro atoms. The largest absolute Gasteiger partial charge is 0.490 e. The first kappa shape index (κ1) is 30.1. The average Bonchev–Trinajstić information content (AvgIpc) is 3.73. The number of ether oxygens (including phenoxy) is 2. The molecule has 0 saturated heterocycles. The van der Waals surface area contributed by atoms with Crippen LogP contribution in [0.3, 0.4) is 0 Å². The monoisotopic (exact) mass is 434 g/mol. The minimum absolute atomic E-state index is 0.0216. The molecular formula is C14H14B20O2. The summed E-state index contributed by atoms with van der Waals surface area (Å²) in [6, 6.07) is 5.84. The maximum absolute atomic E-state index is 6.13. The third-order valence-corrected chi connectivity index (χ3v) is 7.08. The molecule has 2 nitrogen and oxygen atoms in total. The van der Waals surface area contributed by atoms with E-state index in [-0.39, 0.29) is 26.0 Å². The van der Waals surface area contributed by atoms with Gasteiger partial charge in [-0.1, -0.05) is 17.9 Å². The standard InChI is InChI=1S/C14H14B20O2/c1-2-10-3-13(35-8-11-6-25(11)33(29(19)20)31(23)27(15)16)5-14(4-10)36-9-12-7-26(12)34(30(21)22)32(24)28(17)18/h3-7H,2,8-9H2,1H3. The van der Waals surface area contributed by atoms with Crippen LogP contribution in [0.1, 0.15) is 12.5 Å². The fourth-order valence-corrected chi connectivity index (χ4v) is 4.69. The summed E-state index contributed by atoms with van der Waals surface area (Å²) in [5.74, 6) is 5.47. The van der Waals surface area contributed by atoms with Crippen molar-refractivity contribution < 1.29 is 9.47 Å². The summed E-state index contributed by atoms with van der Waals surface area (Å²) >= 11 is 0. The van der Waals surface area contributed by atoms with Gasteiger partial charge < -0.3 is 9.47 Å². The highest BCUT2D eigenvalue weighted by Gasteiger charge is 2.44. The number of hydrogen-bond donors (Lipinski definition) is 0. The molecule has 2 heterocycles. The highest BCUT2D eigenvalue weighted by Crippen LogP contribution is 2.29. The fraction of sp³-hybridized carbons (Fsp3) is 0.286. The molecule has 2 aliphatic heterocycles. The molecule has 0 N–H and O–H groups in total. The van der Waals surface area contributed by atoms with E-state index in [9.17, 15) is 0 Å². The summed E-state index contributed by atoms with van der Waals surface area (Å²) < 4.78 is 12.1. The fourth-order valence-electron chi connectivity index (χ4n) is 4.69. The van der Waals surface area contributed by atoms with Crippen LogP contribution >= 0.6 is 0 Å². The van der Waals surface area contributed by atoms with Crippen LogP contribution < -0.4 is 9.47 Å². The molecule has 0 aliphatic carbocycles. The Kier molecular flexibility index (Phi) is 11.0. The molecule has 0 aromatic heterocycles. The van der Waals surface area contributed by atoms with E-state index in [0.29, 0.717) is 24.7 Å². The van der Waals surface area contributed by atoms with Crippen LogP contribution in [0.15, 0.2) is 41.1 Å². The minimum atomic E-state index is -0.707. The summed E-state index contributed by atoms with van der Waals surface area (Å²) in [7, 11) is 59.1. The molecular weight excluding hydrogens is 416 g/mol. The van der Waals surface area contributed by atoms with Crippen molar-refractivity contribution in [2.75, 3.05) is 13.2 Å². The van der Waals surface area contributed by atoms with Crippen molar-refractivity contribution in [1.82, 2.24) is 0 Å². The van der Waals surface area contributed by atoms with E-state index in [1.807, 2.05) is 30.1 Å². The second kappa shape index (κ2) is 13.1. The molecule has 0 unspecified atom stereocenters. The smallest absolute Gasteiger partial charge is 0.148 e. The molecule has 1 aromatic carbocycles. The number of benzene rings is 1. The van der Waals surface area contributed by atoms with E-state index in [1.54, 1.807) is 0 Å². The number of aryl methyl sites for hydroxylation is 1. The second-order valence-electron chi connectivity index (χ2n) is 9.90. The van der Waals surface area contributed by atoms with Gasteiger partial charge in [0, 0.05) is 135 Å². The van der Waals surface area contributed by atoms with Crippen molar-refractivity contribution >= 4 is 142 Å². The molecule has 20 radical (unpaired) electrons. The van der Waals surface area contributed by atoms with Crippen molar-refractivity contribution in [1.29, 1.82) is 0 Å². The van der Waals surface area contributed by atoms with Gasteiger partial charge in [0.1, 0.15) is 37.9 Å². The van der Waals surface area contributed by atoms with Gasteiger partial charge in [0.2, 0.25) is 0 Å². The quantitative estimate of drug-likeness (QED) is 0.261. The third kappa shape index (κ3) is 7.81. The molecule has 1 aromatic rings. The van der Waals surface area contributed by atoms with Crippen molar-refractivity contribution in [2.45, 2.75) is 13.3 Å². The van der Waals surface area contributed by atoms with E-state index in [4.69, 9.17) is 86.8 Å². The zero-order valence-electron chi connectivity index (χ0n) is 20.9. The zero-order chi connectivity index (χ0) is 26.7. The van der Waals surface area contributed by atoms with Crippen LogP contribution in [0.2, 0.25) is 0 Å². The maximum Gasteiger partial charge on any atom is 0.148 e. The first-order valence-electron chi connectivity index (χ1n) is 12.3. The molecule has 2 aliphatic rings. The van der Waals surface area contributed by atoms with Gasteiger partial charge in [-0.05, 0) is 24.1 Å². The molecule has 3 rings (SSSR count). The Balaban J connectivity index is 1.56. The van der Waals surface area contributed by atoms with E-state index in [2.05, 4.69) is 6.92 Å². The molecule has 142 valence electrons. The Morgan fingerprint density at radius 2 is 1.00 bits per heavy atom.